The Morgan fingerprint density at radius 3 is 2.65 bits per heavy atom. The molecule has 0 atom stereocenters. The van der Waals surface area contributed by atoms with Crippen molar-refractivity contribution >= 4 is 28.5 Å². The van der Waals surface area contributed by atoms with Crippen LogP contribution in [0.1, 0.15) is 10.5 Å². The molecule has 31 heavy (non-hydrogen) atoms. The number of amides is 1. The van der Waals surface area contributed by atoms with Gasteiger partial charge in [0.1, 0.15) is 12.1 Å². The highest BCUT2D eigenvalue weighted by Crippen LogP contribution is 2.25. The standard InChI is InChI=1S/C22H23N7O2/c1-27-5-7-29(8-6-27)22-25-19(14-31-22)21(30)26-20-10-17-9-15(3-4-16(17)11-23-20)18-12-24-28(2)13-18/h3-4,9-14H,5-8H2,1-2H3,(H,23,26,30). The number of anilines is 2. The van der Waals surface area contributed by atoms with Gasteiger partial charge in [0, 0.05) is 56.6 Å². The fraction of sp³-hybridized carbons (Fsp3) is 0.273. The average molecular weight is 417 g/mol. The molecule has 4 heterocycles. The van der Waals surface area contributed by atoms with Crippen LogP contribution in [0.5, 0.6) is 0 Å². The van der Waals surface area contributed by atoms with E-state index >= 15 is 0 Å². The van der Waals surface area contributed by atoms with Crippen LogP contribution in [0, 0.1) is 0 Å². The van der Waals surface area contributed by atoms with Gasteiger partial charge in [-0.1, -0.05) is 12.1 Å². The first-order valence-electron chi connectivity index (χ1n) is 10.1. The second-order valence-electron chi connectivity index (χ2n) is 7.79. The van der Waals surface area contributed by atoms with E-state index in [2.05, 4.69) is 38.4 Å². The summed E-state index contributed by atoms with van der Waals surface area (Å²) in [6.45, 7) is 3.52. The summed E-state index contributed by atoms with van der Waals surface area (Å²) in [5, 5.41) is 9.02. The molecule has 1 amide bonds. The fourth-order valence-electron chi connectivity index (χ4n) is 3.65. The van der Waals surface area contributed by atoms with Crippen molar-refractivity contribution in [3.8, 4) is 11.1 Å². The number of pyridine rings is 1. The molecular weight excluding hydrogens is 394 g/mol. The maximum atomic E-state index is 12.7. The van der Waals surface area contributed by atoms with Gasteiger partial charge in [-0.15, -0.1) is 0 Å². The van der Waals surface area contributed by atoms with Gasteiger partial charge >= 0.3 is 0 Å². The number of oxazole rings is 1. The Morgan fingerprint density at radius 1 is 1.03 bits per heavy atom. The fourth-order valence-corrected chi connectivity index (χ4v) is 3.65. The van der Waals surface area contributed by atoms with Gasteiger partial charge < -0.3 is 19.5 Å². The normalized spacial score (nSPS) is 14.8. The quantitative estimate of drug-likeness (QED) is 0.546. The average Bonchev–Trinajstić information content (AvgIpc) is 3.43. The molecule has 0 spiro atoms. The Kier molecular flexibility index (Phi) is 4.87. The van der Waals surface area contributed by atoms with Crippen molar-refractivity contribution in [2.75, 3.05) is 43.4 Å². The van der Waals surface area contributed by atoms with Crippen molar-refractivity contribution in [1.29, 1.82) is 0 Å². The number of aromatic nitrogens is 4. The first-order valence-corrected chi connectivity index (χ1v) is 10.1. The van der Waals surface area contributed by atoms with Crippen LogP contribution in [0.15, 0.2) is 53.5 Å². The smallest absolute Gasteiger partial charge is 0.298 e. The maximum Gasteiger partial charge on any atom is 0.298 e. The highest BCUT2D eigenvalue weighted by atomic mass is 16.4. The number of carbonyl (C=O) groups is 1. The van der Waals surface area contributed by atoms with Gasteiger partial charge in [-0.3, -0.25) is 9.48 Å². The summed E-state index contributed by atoms with van der Waals surface area (Å²) < 4.78 is 7.31. The van der Waals surface area contributed by atoms with Gasteiger partial charge in [-0.2, -0.15) is 10.1 Å². The lowest BCUT2D eigenvalue weighted by atomic mass is 10.1. The number of fused-ring (bicyclic) bond motifs is 1. The highest BCUT2D eigenvalue weighted by molar-refractivity contribution is 6.03. The number of carbonyl (C=O) groups excluding carboxylic acids is 1. The molecular formula is C22H23N7O2. The Labute approximate surface area is 179 Å². The number of benzene rings is 1. The molecule has 1 aliphatic heterocycles. The lowest BCUT2D eigenvalue weighted by Gasteiger charge is -2.31. The lowest BCUT2D eigenvalue weighted by molar-refractivity contribution is 0.102. The van der Waals surface area contributed by atoms with Crippen molar-refractivity contribution in [2.45, 2.75) is 0 Å². The van der Waals surface area contributed by atoms with E-state index in [-0.39, 0.29) is 11.6 Å². The molecule has 158 valence electrons. The number of rotatable bonds is 4. The number of hydrogen-bond donors (Lipinski definition) is 1. The molecule has 1 aromatic carbocycles. The summed E-state index contributed by atoms with van der Waals surface area (Å²) in [4.78, 5) is 25.7. The zero-order chi connectivity index (χ0) is 21.4. The molecule has 0 radical (unpaired) electrons. The van der Waals surface area contributed by atoms with Gasteiger partial charge in [0.2, 0.25) is 0 Å². The third-order valence-corrected chi connectivity index (χ3v) is 5.50. The van der Waals surface area contributed by atoms with Crippen LogP contribution >= 0.6 is 0 Å². The topological polar surface area (TPSA) is 92.3 Å². The highest BCUT2D eigenvalue weighted by Gasteiger charge is 2.21. The zero-order valence-corrected chi connectivity index (χ0v) is 17.4. The second-order valence-corrected chi connectivity index (χ2v) is 7.79. The molecule has 9 heteroatoms. The van der Waals surface area contributed by atoms with Crippen molar-refractivity contribution in [3.05, 3.63) is 54.8 Å². The minimum atomic E-state index is -0.348. The van der Waals surface area contributed by atoms with Gasteiger partial charge in [0.25, 0.3) is 11.9 Å². The number of piperazine rings is 1. The Balaban J connectivity index is 1.33. The van der Waals surface area contributed by atoms with Gasteiger partial charge in [-0.05, 0) is 30.1 Å². The molecule has 0 aliphatic carbocycles. The first-order chi connectivity index (χ1) is 15.0. The van der Waals surface area contributed by atoms with E-state index in [9.17, 15) is 4.79 Å². The molecule has 9 nitrogen and oxygen atoms in total. The maximum absolute atomic E-state index is 12.7. The summed E-state index contributed by atoms with van der Waals surface area (Å²) in [6.07, 6.45) is 6.93. The third-order valence-electron chi connectivity index (χ3n) is 5.50. The molecule has 1 fully saturated rings. The minimum Gasteiger partial charge on any atom is -0.431 e. The van der Waals surface area contributed by atoms with Gasteiger partial charge in [-0.25, -0.2) is 4.98 Å². The number of aryl methyl sites for hydroxylation is 1. The van der Waals surface area contributed by atoms with E-state index < -0.39 is 0 Å². The summed E-state index contributed by atoms with van der Waals surface area (Å²) in [6, 6.07) is 8.44. The molecule has 1 N–H and O–H groups in total. The summed E-state index contributed by atoms with van der Waals surface area (Å²) in [5.74, 6) is 0.115. The van der Waals surface area contributed by atoms with E-state index in [1.807, 2.05) is 42.5 Å². The van der Waals surface area contributed by atoms with E-state index in [4.69, 9.17) is 4.42 Å². The van der Waals surface area contributed by atoms with Crippen LogP contribution in [0.25, 0.3) is 21.9 Å². The van der Waals surface area contributed by atoms with Crippen molar-refractivity contribution < 1.29 is 9.21 Å². The number of nitrogens with zero attached hydrogens (tertiary/aromatic N) is 6. The monoisotopic (exact) mass is 417 g/mol. The van der Waals surface area contributed by atoms with Crippen molar-refractivity contribution in [1.82, 2.24) is 24.6 Å². The van der Waals surface area contributed by atoms with Crippen LogP contribution in [0.2, 0.25) is 0 Å². The van der Waals surface area contributed by atoms with Crippen molar-refractivity contribution in [3.63, 3.8) is 0 Å². The molecule has 0 bridgehead atoms. The second kappa shape index (κ2) is 7.84. The lowest BCUT2D eigenvalue weighted by Crippen LogP contribution is -2.44. The Bertz CT molecular complexity index is 1240. The van der Waals surface area contributed by atoms with Crippen LogP contribution in [0.3, 0.4) is 0 Å². The minimum absolute atomic E-state index is 0.236. The number of nitrogens with one attached hydrogen (secondary N) is 1. The molecule has 0 saturated carbocycles. The van der Waals surface area contributed by atoms with Crippen LogP contribution in [0.4, 0.5) is 11.8 Å². The Hall–Kier alpha value is -3.72. The predicted octanol–water partition coefficient (Wildman–Crippen LogP) is 2.63. The van der Waals surface area contributed by atoms with E-state index in [1.165, 1.54) is 6.26 Å². The summed E-state index contributed by atoms with van der Waals surface area (Å²) in [5.41, 5.74) is 2.32. The first kappa shape index (κ1) is 19.3. The predicted molar refractivity (Wildman–Crippen MR) is 118 cm³/mol. The van der Waals surface area contributed by atoms with E-state index in [0.29, 0.717) is 11.8 Å². The van der Waals surface area contributed by atoms with Gasteiger partial charge in [0.15, 0.2) is 5.69 Å². The van der Waals surface area contributed by atoms with E-state index in [1.54, 1.807) is 10.9 Å². The van der Waals surface area contributed by atoms with Crippen LogP contribution < -0.4 is 10.2 Å². The zero-order valence-electron chi connectivity index (χ0n) is 17.4. The molecule has 1 saturated heterocycles. The third kappa shape index (κ3) is 3.99. The molecule has 5 rings (SSSR count). The number of likely N-dealkylation sites (N-methyl/N-ethyl adjacent to an activating group) is 1. The van der Waals surface area contributed by atoms with Crippen LogP contribution in [-0.4, -0.2) is 63.8 Å². The van der Waals surface area contributed by atoms with Crippen molar-refractivity contribution in [2.24, 2.45) is 7.05 Å². The summed E-state index contributed by atoms with van der Waals surface area (Å²) in [7, 11) is 3.98. The van der Waals surface area contributed by atoms with Gasteiger partial charge in [0.05, 0.1) is 6.20 Å². The van der Waals surface area contributed by atoms with Crippen LogP contribution in [-0.2, 0) is 7.05 Å². The Morgan fingerprint density at radius 2 is 1.87 bits per heavy atom. The van der Waals surface area contributed by atoms with E-state index in [0.717, 1.165) is 48.1 Å². The molecule has 4 aromatic rings. The largest absolute Gasteiger partial charge is 0.431 e. The SMILES string of the molecule is CN1CCN(c2nc(C(=O)Nc3cc4cc(-c5cnn(C)c5)ccc4cn3)co2)CC1. The summed E-state index contributed by atoms with van der Waals surface area (Å²) >= 11 is 0. The number of hydrogen-bond acceptors (Lipinski definition) is 7. The molecule has 1 aliphatic rings. The molecule has 3 aromatic heterocycles. The molecule has 0 unspecified atom stereocenters.